The fraction of sp³-hybridized carbons (Fsp3) is 0.381. The van der Waals surface area contributed by atoms with Crippen molar-refractivity contribution in [2.45, 2.75) is 25.7 Å². The molecule has 1 aliphatic rings. The van der Waals surface area contributed by atoms with E-state index in [1.54, 1.807) is 4.90 Å². The minimum absolute atomic E-state index is 0. The minimum atomic E-state index is 0. The number of halogens is 1. The largest absolute Gasteiger partial charge is 0.457 e. The standard InChI is InChI=1S/C21H26N2O2.ClH/c1-23(21(24)12-7-17-13-15-22-16-14-17)18-8-10-20(11-9-18)25-19-5-3-2-4-6-19;/h2-6,8-11,17,22H,7,12-16H2,1H3;1H. The maximum atomic E-state index is 12.4. The Hall–Kier alpha value is -2.04. The third-order valence-corrected chi connectivity index (χ3v) is 4.80. The average molecular weight is 375 g/mol. The Labute approximate surface area is 162 Å². The Kier molecular flexibility index (Phi) is 7.95. The van der Waals surface area contributed by atoms with Gasteiger partial charge in [0.1, 0.15) is 11.5 Å². The first-order chi connectivity index (χ1) is 12.2. The fourth-order valence-corrected chi connectivity index (χ4v) is 3.17. The van der Waals surface area contributed by atoms with Crippen molar-refractivity contribution in [1.29, 1.82) is 0 Å². The SMILES string of the molecule is CN(C(=O)CCC1CCNCC1)c1ccc(Oc2ccccc2)cc1.Cl. The number of benzene rings is 2. The average Bonchev–Trinajstić information content (AvgIpc) is 2.68. The van der Waals surface area contributed by atoms with Crippen LogP contribution in [0.1, 0.15) is 25.7 Å². The van der Waals surface area contributed by atoms with Gasteiger partial charge in [-0.2, -0.15) is 0 Å². The summed E-state index contributed by atoms with van der Waals surface area (Å²) in [5, 5.41) is 3.37. The molecule has 5 heteroatoms. The number of piperidine rings is 1. The van der Waals surface area contributed by atoms with Gasteiger partial charge < -0.3 is 15.0 Å². The predicted molar refractivity (Wildman–Crippen MR) is 108 cm³/mol. The van der Waals surface area contributed by atoms with Gasteiger partial charge >= 0.3 is 0 Å². The Morgan fingerprint density at radius 1 is 1.04 bits per heavy atom. The number of amides is 1. The number of para-hydroxylation sites is 1. The monoisotopic (exact) mass is 374 g/mol. The summed E-state index contributed by atoms with van der Waals surface area (Å²) >= 11 is 0. The zero-order valence-electron chi connectivity index (χ0n) is 15.2. The van der Waals surface area contributed by atoms with Gasteiger partial charge in [-0.05, 0) is 74.7 Å². The molecule has 0 radical (unpaired) electrons. The molecule has 3 rings (SSSR count). The van der Waals surface area contributed by atoms with Gasteiger partial charge in [0.15, 0.2) is 0 Å². The van der Waals surface area contributed by atoms with Crippen LogP contribution in [0.2, 0.25) is 0 Å². The molecule has 2 aromatic carbocycles. The number of carbonyl (C=O) groups is 1. The van der Waals surface area contributed by atoms with E-state index in [-0.39, 0.29) is 18.3 Å². The molecule has 0 aliphatic carbocycles. The van der Waals surface area contributed by atoms with Crippen molar-refractivity contribution in [1.82, 2.24) is 5.32 Å². The van der Waals surface area contributed by atoms with Crippen LogP contribution in [-0.2, 0) is 4.79 Å². The topological polar surface area (TPSA) is 41.6 Å². The number of rotatable bonds is 6. The van der Waals surface area contributed by atoms with E-state index in [2.05, 4.69) is 5.32 Å². The summed E-state index contributed by atoms with van der Waals surface area (Å²) in [6.07, 6.45) is 3.97. The Morgan fingerprint density at radius 3 is 2.31 bits per heavy atom. The number of nitrogens with zero attached hydrogens (tertiary/aromatic N) is 1. The van der Waals surface area contributed by atoms with Gasteiger partial charge in [0, 0.05) is 19.2 Å². The first-order valence-corrected chi connectivity index (χ1v) is 9.02. The summed E-state index contributed by atoms with van der Waals surface area (Å²) in [5.74, 6) is 2.43. The Bertz CT molecular complexity index is 670. The van der Waals surface area contributed by atoms with Crippen LogP contribution < -0.4 is 15.0 Å². The van der Waals surface area contributed by atoms with E-state index in [1.807, 2.05) is 61.6 Å². The van der Waals surface area contributed by atoms with E-state index in [0.717, 1.165) is 36.7 Å². The van der Waals surface area contributed by atoms with Crippen LogP contribution in [0.5, 0.6) is 11.5 Å². The number of nitrogens with one attached hydrogen (secondary N) is 1. The molecular formula is C21H27ClN2O2. The molecule has 0 atom stereocenters. The summed E-state index contributed by atoms with van der Waals surface area (Å²) in [7, 11) is 1.85. The van der Waals surface area contributed by atoms with E-state index < -0.39 is 0 Å². The lowest BCUT2D eigenvalue weighted by Crippen LogP contribution is -2.30. The predicted octanol–water partition coefficient (Wildman–Crippen LogP) is 4.64. The number of anilines is 1. The third-order valence-electron chi connectivity index (χ3n) is 4.80. The molecule has 0 aromatic heterocycles. The van der Waals surface area contributed by atoms with Gasteiger partial charge in [0.05, 0.1) is 0 Å². The zero-order chi connectivity index (χ0) is 17.5. The van der Waals surface area contributed by atoms with Crippen molar-refractivity contribution in [2.24, 2.45) is 5.92 Å². The van der Waals surface area contributed by atoms with Crippen molar-refractivity contribution in [2.75, 3.05) is 25.0 Å². The highest BCUT2D eigenvalue weighted by molar-refractivity contribution is 5.92. The van der Waals surface area contributed by atoms with Gasteiger partial charge in [-0.25, -0.2) is 0 Å². The van der Waals surface area contributed by atoms with E-state index in [1.165, 1.54) is 12.8 Å². The van der Waals surface area contributed by atoms with Gasteiger partial charge in [-0.3, -0.25) is 4.79 Å². The molecule has 1 heterocycles. The molecule has 2 aromatic rings. The maximum absolute atomic E-state index is 12.4. The van der Waals surface area contributed by atoms with Crippen molar-refractivity contribution in [3.8, 4) is 11.5 Å². The molecule has 0 unspecified atom stereocenters. The number of hydrogen-bond acceptors (Lipinski definition) is 3. The van der Waals surface area contributed by atoms with Gasteiger partial charge in [0.2, 0.25) is 5.91 Å². The molecule has 0 saturated carbocycles. The van der Waals surface area contributed by atoms with E-state index >= 15 is 0 Å². The molecule has 0 bridgehead atoms. The first kappa shape index (κ1) is 20.3. The molecule has 1 N–H and O–H groups in total. The Balaban J connectivity index is 0.00000243. The lowest BCUT2D eigenvalue weighted by Gasteiger charge is -2.23. The van der Waals surface area contributed by atoms with Crippen LogP contribution in [0.4, 0.5) is 5.69 Å². The van der Waals surface area contributed by atoms with Crippen LogP contribution >= 0.6 is 12.4 Å². The van der Waals surface area contributed by atoms with Crippen LogP contribution in [-0.4, -0.2) is 26.0 Å². The van der Waals surface area contributed by atoms with Crippen LogP contribution in [0, 0.1) is 5.92 Å². The summed E-state index contributed by atoms with van der Waals surface area (Å²) in [6, 6.07) is 17.4. The van der Waals surface area contributed by atoms with Crippen LogP contribution in [0.25, 0.3) is 0 Å². The van der Waals surface area contributed by atoms with Crippen LogP contribution in [0.3, 0.4) is 0 Å². The lowest BCUT2D eigenvalue weighted by molar-refractivity contribution is -0.118. The highest BCUT2D eigenvalue weighted by Crippen LogP contribution is 2.25. The molecule has 26 heavy (non-hydrogen) atoms. The molecule has 1 aliphatic heterocycles. The van der Waals surface area contributed by atoms with Crippen molar-refractivity contribution < 1.29 is 9.53 Å². The number of ether oxygens (including phenoxy) is 1. The smallest absolute Gasteiger partial charge is 0.226 e. The molecule has 140 valence electrons. The maximum Gasteiger partial charge on any atom is 0.226 e. The third kappa shape index (κ3) is 5.75. The zero-order valence-corrected chi connectivity index (χ0v) is 16.0. The quantitative estimate of drug-likeness (QED) is 0.800. The van der Waals surface area contributed by atoms with Gasteiger partial charge in [-0.15, -0.1) is 12.4 Å². The molecule has 0 spiro atoms. The van der Waals surface area contributed by atoms with Gasteiger partial charge in [-0.1, -0.05) is 18.2 Å². The second-order valence-corrected chi connectivity index (χ2v) is 6.59. The summed E-state index contributed by atoms with van der Waals surface area (Å²) in [5.41, 5.74) is 0.899. The molecule has 1 saturated heterocycles. The molecular weight excluding hydrogens is 348 g/mol. The highest BCUT2D eigenvalue weighted by atomic mass is 35.5. The second-order valence-electron chi connectivity index (χ2n) is 6.59. The second kappa shape index (κ2) is 10.2. The normalized spacial score (nSPS) is 14.3. The molecule has 1 fully saturated rings. The molecule has 1 amide bonds. The van der Waals surface area contributed by atoms with E-state index in [4.69, 9.17) is 4.74 Å². The first-order valence-electron chi connectivity index (χ1n) is 9.02. The number of carbonyl (C=O) groups excluding carboxylic acids is 1. The van der Waals surface area contributed by atoms with Crippen LogP contribution in [0.15, 0.2) is 54.6 Å². The van der Waals surface area contributed by atoms with Crippen molar-refractivity contribution in [3.63, 3.8) is 0 Å². The van der Waals surface area contributed by atoms with E-state index in [9.17, 15) is 4.79 Å². The Morgan fingerprint density at radius 2 is 1.65 bits per heavy atom. The summed E-state index contributed by atoms with van der Waals surface area (Å²) in [6.45, 7) is 2.16. The minimum Gasteiger partial charge on any atom is -0.457 e. The number of hydrogen-bond donors (Lipinski definition) is 1. The highest BCUT2D eigenvalue weighted by Gasteiger charge is 2.17. The summed E-state index contributed by atoms with van der Waals surface area (Å²) in [4.78, 5) is 14.2. The molecule has 4 nitrogen and oxygen atoms in total. The van der Waals surface area contributed by atoms with Crippen molar-refractivity contribution >= 4 is 24.0 Å². The van der Waals surface area contributed by atoms with Gasteiger partial charge in [0.25, 0.3) is 0 Å². The van der Waals surface area contributed by atoms with E-state index in [0.29, 0.717) is 12.3 Å². The van der Waals surface area contributed by atoms with Crippen molar-refractivity contribution in [3.05, 3.63) is 54.6 Å². The summed E-state index contributed by atoms with van der Waals surface area (Å²) < 4.78 is 5.79. The lowest BCUT2D eigenvalue weighted by atomic mass is 9.93. The fourth-order valence-electron chi connectivity index (χ4n) is 3.17.